The fourth-order valence-electron chi connectivity index (χ4n) is 4.56. The maximum absolute atomic E-state index is 12.9. The molecule has 0 aromatic rings. The van der Waals surface area contributed by atoms with E-state index >= 15 is 0 Å². The van der Waals surface area contributed by atoms with Crippen molar-refractivity contribution in [3.8, 4) is 0 Å². The van der Waals surface area contributed by atoms with Crippen molar-refractivity contribution < 1.29 is 9.53 Å². The van der Waals surface area contributed by atoms with E-state index in [4.69, 9.17) is 4.74 Å². The topological polar surface area (TPSA) is 26.3 Å². The Kier molecular flexibility index (Phi) is 4.06. The highest BCUT2D eigenvalue weighted by Crippen LogP contribution is 2.63. The maximum Gasteiger partial charge on any atom is 0.316 e. The molecule has 0 amide bonds. The molecule has 2 fully saturated rings. The Morgan fingerprint density at radius 1 is 1.29 bits per heavy atom. The van der Waals surface area contributed by atoms with Crippen LogP contribution in [0.4, 0.5) is 0 Å². The molecule has 0 aliphatic heterocycles. The van der Waals surface area contributed by atoms with Crippen LogP contribution in [0.2, 0.25) is 0 Å². The lowest BCUT2D eigenvalue weighted by molar-refractivity contribution is -0.165. The second kappa shape index (κ2) is 5.14. The summed E-state index contributed by atoms with van der Waals surface area (Å²) < 4.78 is 5.77. The maximum atomic E-state index is 12.9. The first kappa shape index (κ1) is 16.6. The molecule has 0 heterocycles. The molecule has 120 valence electrons. The molecule has 4 atom stereocenters. The summed E-state index contributed by atoms with van der Waals surface area (Å²) >= 11 is 0. The lowest BCUT2D eigenvalue weighted by atomic mass is 9.63. The van der Waals surface area contributed by atoms with Crippen LogP contribution >= 0.6 is 0 Å². The molecular formula is C19H32O2. The molecule has 2 rings (SSSR count). The number of carbonyl (C=O) groups excluding carboxylic acids is 1. The first-order valence-electron chi connectivity index (χ1n) is 8.41. The van der Waals surface area contributed by atoms with E-state index < -0.39 is 11.0 Å². The molecule has 2 nitrogen and oxygen atoms in total. The van der Waals surface area contributed by atoms with Crippen LogP contribution < -0.4 is 0 Å². The summed E-state index contributed by atoms with van der Waals surface area (Å²) in [6, 6.07) is 0. The standard InChI is InChI=1S/C19H32O2/c1-13(2)19(16(20)21-17(4,5)6)11-15-10-8-9-14(3)18(15,7)12-19/h14-15H,1,8-12H2,2-7H3/t14-,15+,18+,19?/m0/s1. The highest BCUT2D eigenvalue weighted by Gasteiger charge is 2.59. The Morgan fingerprint density at radius 3 is 2.38 bits per heavy atom. The van der Waals surface area contributed by atoms with Crippen molar-refractivity contribution in [2.75, 3.05) is 0 Å². The van der Waals surface area contributed by atoms with Gasteiger partial charge < -0.3 is 4.74 Å². The average molecular weight is 292 g/mol. The number of fused-ring (bicyclic) bond motifs is 1. The Balaban J connectivity index is 2.33. The summed E-state index contributed by atoms with van der Waals surface area (Å²) in [4.78, 5) is 12.9. The third kappa shape index (κ3) is 2.78. The Labute approximate surface area is 130 Å². The Bertz CT molecular complexity index is 445. The number of esters is 1. The molecule has 0 radical (unpaired) electrons. The Morgan fingerprint density at radius 2 is 1.90 bits per heavy atom. The van der Waals surface area contributed by atoms with Crippen LogP contribution in [-0.4, -0.2) is 11.6 Å². The zero-order valence-corrected chi connectivity index (χ0v) is 14.7. The van der Waals surface area contributed by atoms with E-state index in [1.54, 1.807) is 0 Å². The molecule has 21 heavy (non-hydrogen) atoms. The summed E-state index contributed by atoms with van der Waals surface area (Å²) in [6.07, 6.45) is 5.67. The van der Waals surface area contributed by atoms with Crippen molar-refractivity contribution in [2.24, 2.45) is 22.7 Å². The molecule has 0 spiro atoms. The molecule has 0 aromatic heterocycles. The van der Waals surface area contributed by atoms with Gasteiger partial charge >= 0.3 is 5.97 Å². The van der Waals surface area contributed by atoms with Gasteiger partial charge in [-0.15, -0.1) is 0 Å². The fourth-order valence-corrected chi connectivity index (χ4v) is 4.56. The first-order valence-corrected chi connectivity index (χ1v) is 8.41. The summed E-state index contributed by atoms with van der Waals surface area (Å²) in [5.74, 6) is 1.26. The molecule has 0 saturated heterocycles. The van der Waals surface area contributed by atoms with E-state index in [-0.39, 0.29) is 11.4 Å². The SMILES string of the molecule is C=C(C)C1(C(=O)OC(C)(C)C)C[C@H]2CCC[C@H](C)[C@@]2(C)C1. The number of hydrogen-bond donors (Lipinski definition) is 0. The average Bonchev–Trinajstić information content (AvgIpc) is 2.64. The van der Waals surface area contributed by atoms with E-state index in [1.807, 2.05) is 27.7 Å². The van der Waals surface area contributed by atoms with E-state index in [9.17, 15) is 4.79 Å². The highest BCUT2D eigenvalue weighted by atomic mass is 16.6. The summed E-state index contributed by atoms with van der Waals surface area (Å²) in [6.45, 7) is 16.8. The third-order valence-corrected chi connectivity index (χ3v) is 6.13. The van der Waals surface area contributed by atoms with Crippen LogP contribution in [-0.2, 0) is 9.53 Å². The number of carbonyl (C=O) groups is 1. The quantitative estimate of drug-likeness (QED) is 0.521. The summed E-state index contributed by atoms with van der Waals surface area (Å²) in [5.41, 5.74) is 0.346. The minimum atomic E-state index is -0.467. The van der Waals surface area contributed by atoms with Gasteiger partial charge in [0.15, 0.2) is 0 Å². The summed E-state index contributed by atoms with van der Waals surface area (Å²) in [5, 5.41) is 0. The predicted molar refractivity (Wildman–Crippen MR) is 86.9 cm³/mol. The predicted octanol–water partition coefficient (Wildman–Crippen LogP) is 5.13. The highest BCUT2D eigenvalue weighted by molar-refractivity contribution is 5.81. The second-order valence-electron chi connectivity index (χ2n) is 8.78. The van der Waals surface area contributed by atoms with Crippen molar-refractivity contribution in [3.05, 3.63) is 12.2 Å². The van der Waals surface area contributed by atoms with Gasteiger partial charge in [-0.3, -0.25) is 4.79 Å². The van der Waals surface area contributed by atoms with Crippen LogP contribution in [0.15, 0.2) is 12.2 Å². The molecular weight excluding hydrogens is 260 g/mol. The fraction of sp³-hybridized carbons (Fsp3) is 0.842. The van der Waals surface area contributed by atoms with Crippen molar-refractivity contribution in [2.45, 2.75) is 79.2 Å². The zero-order chi connectivity index (χ0) is 16.1. The smallest absolute Gasteiger partial charge is 0.316 e. The first-order chi connectivity index (χ1) is 9.51. The van der Waals surface area contributed by atoms with E-state index in [2.05, 4.69) is 20.4 Å². The molecule has 2 aliphatic rings. The van der Waals surface area contributed by atoms with Crippen molar-refractivity contribution in [3.63, 3.8) is 0 Å². The molecule has 2 aliphatic carbocycles. The molecule has 1 unspecified atom stereocenters. The van der Waals surface area contributed by atoms with E-state index in [0.29, 0.717) is 11.8 Å². The lowest BCUT2D eigenvalue weighted by Gasteiger charge is -2.42. The monoisotopic (exact) mass is 292 g/mol. The molecule has 0 aromatic carbocycles. The zero-order valence-electron chi connectivity index (χ0n) is 14.7. The number of ether oxygens (including phenoxy) is 1. The largest absolute Gasteiger partial charge is 0.459 e. The van der Waals surface area contributed by atoms with Gasteiger partial charge in [0, 0.05) is 0 Å². The molecule has 0 N–H and O–H groups in total. The van der Waals surface area contributed by atoms with E-state index in [1.165, 1.54) is 19.3 Å². The molecule has 2 heteroatoms. The summed E-state index contributed by atoms with van der Waals surface area (Å²) in [7, 11) is 0. The van der Waals surface area contributed by atoms with Gasteiger partial charge in [0.1, 0.15) is 5.60 Å². The van der Waals surface area contributed by atoms with Crippen LogP contribution in [0.5, 0.6) is 0 Å². The van der Waals surface area contributed by atoms with Gasteiger partial charge in [-0.05, 0) is 64.2 Å². The van der Waals surface area contributed by atoms with Crippen LogP contribution in [0.3, 0.4) is 0 Å². The van der Waals surface area contributed by atoms with Crippen molar-refractivity contribution in [1.82, 2.24) is 0 Å². The van der Waals surface area contributed by atoms with Crippen LogP contribution in [0.1, 0.15) is 73.6 Å². The van der Waals surface area contributed by atoms with Crippen LogP contribution in [0.25, 0.3) is 0 Å². The minimum Gasteiger partial charge on any atom is -0.459 e. The number of hydrogen-bond acceptors (Lipinski definition) is 2. The van der Waals surface area contributed by atoms with Crippen molar-refractivity contribution in [1.29, 1.82) is 0 Å². The van der Waals surface area contributed by atoms with Gasteiger partial charge in [-0.2, -0.15) is 0 Å². The van der Waals surface area contributed by atoms with Crippen molar-refractivity contribution >= 4 is 5.97 Å². The number of rotatable bonds is 2. The lowest BCUT2D eigenvalue weighted by Crippen LogP contribution is -2.38. The normalized spacial score (nSPS) is 39.7. The van der Waals surface area contributed by atoms with Gasteiger partial charge in [-0.25, -0.2) is 0 Å². The molecule has 0 bridgehead atoms. The minimum absolute atomic E-state index is 0.0506. The van der Waals surface area contributed by atoms with Gasteiger partial charge in [0.25, 0.3) is 0 Å². The van der Waals surface area contributed by atoms with Gasteiger partial charge in [0.05, 0.1) is 5.41 Å². The van der Waals surface area contributed by atoms with Crippen LogP contribution in [0, 0.1) is 22.7 Å². The Hall–Kier alpha value is -0.790. The molecule has 2 saturated carbocycles. The van der Waals surface area contributed by atoms with E-state index in [0.717, 1.165) is 18.4 Å². The second-order valence-corrected chi connectivity index (χ2v) is 8.78. The van der Waals surface area contributed by atoms with Gasteiger partial charge in [-0.1, -0.05) is 38.8 Å². The van der Waals surface area contributed by atoms with Gasteiger partial charge in [0.2, 0.25) is 0 Å². The third-order valence-electron chi connectivity index (χ3n) is 6.13.